The number of methoxy groups -OCH3 is 2. The number of ether oxygens (including phenoxy) is 2. The number of hydrogen-bond acceptors (Lipinski definition) is 3. The van der Waals surface area contributed by atoms with Crippen molar-refractivity contribution in [3.05, 3.63) is 29.8 Å². The van der Waals surface area contributed by atoms with Gasteiger partial charge in [-0.1, -0.05) is 12.1 Å². The highest BCUT2D eigenvalue weighted by Crippen LogP contribution is 2.11. The van der Waals surface area contributed by atoms with Crippen LogP contribution in [0, 0.1) is 0 Å². The van der Waals surface area contributed by atoms with Crippen LogP contribution in [0.2, 0.25) is 0 Å². The zero-order valence-corrected chi connectivity index (χ0v) is 8.40. The van der Waals surface area contributed by atoms with E-state index in [0.29, 0.717) is 6.61 Å². The molecule has 1 aromatic rings. The SMILES string of the molecule is COCc1ccc(OC)cc1.NC=O. The van der Waals surface area contributed by atoms with Crippen molar-refractivity contribution in [3.8, 4) is 5.75 Å². The second-order valence-corrected chi connectivity index (χ2v) is 2.42. The third-order valence-corrected chi connectivity index (χ3v) is 1.47. The standard InChI is InChI=1S/C9H12O2.CH3NO/c1-10-7-8-3-5-9(11-2)6-4-8;2-1-3/h3-6H,7H2,1-2H3;1H,(H2,2,3). The molecule has 0 saturated heterocycles. The molecule has 0 bridgehead atoms. The highest BCUT2D eigenvalue weighted by atomic mass is 16.5. The van der Waals surface area contributed by atoms with Crippen LogP contribution in [0.3, 0.4) is 0 Å². The quantitative estimate of drug-likeness (QED) is 0.733. The molecule has 0 aliphatic heterocycles. The Hall–Kier alpha value is -1.55. The predicted molar refractivity (Wildman–Crippen MR) is 54.0 cm³/mol. The second-order valence-electron chi connectivity index (χ2n) is 2.42. The van der Waals surface area contributed by atoms with Gasteiger partial charge in [0.25, 0.3) is 0 Å². The fourth-order valence-electron chi connectivity index (χ4n) is 0.888. The highest BCUT2D eigenvalue weighted by molar-refractivity contribution is 5.42. The van der Waals surface area contributed by atoms with Crippen molar-refractivity contribution in [3.63, 3.8) is 0 Å². The molecule has 0 aromatic heterocycles. The van der Waals surface area contributed by atoms with Crippen molar-refractivity contribution in [2.24, 2.45) is 5.73 Å². The Labute approximate surface area is 83.6 Å². The fourth-order valence-corrected chi connectivity index (χ4v) is 0.888. The van der Waals surface area contributed by atoms with Gasteiger partial charge in [0.05, 0.1) is 13.7 Å². The van der Waals surface area contributed by atoms with E-state index in [1.165, 1.54) is 0 Å². The summed E-state index contributed by atoms with van der Waals surface area (Å²) in [6.07, 6.45) is 0.250. The van der Waals surface area contributed by atoms with E-state index < -0.39 is 0 Å². The molecule has 0 fully saturated rings. The van der Waals surface area contributed by atoms with Gasteiger partial charge in [-0.05, 0) is 17.7 Å². The highest BCUT2D eigenvalue weighted by Gasteiger charge is 1.91. The van der Waals surface area contributed by atoms with Gasteiger partial charge < -0.3 is 15.2 Å². The molecular weight excluding hydrogens is 182 g/mol. The number of primary amides is 1. The van der Waals surface area contributed by atoms with Gasteiger partial charge in [0.1, 0.15) is 5.75 Å². The summed E-state index contributed by atoms with van der Waals surface area (Å²) in [6, 6.07) is 7.83. The average molecular weight is 197 g/mol. The summed E-state index contributed by atoms with van der Waals surface area (Å²) in [4.78, 5) is 8.58. The number of benzene rings is 1. The molecular formula is C10H15NO3. The van der Waals surface area contributed by atoms with Crippen molar-refractivity contribution >= 4 is 6.41 Å². The Bertz CT molecular complexity index is 246. The van der Waals surface area contributed by atoms with Crippen molar-refractivity contribution in [1.29, 1.82) is 0 Å². The third-order valence-electron chi connectivity index (χ3n) is 1.47. The molecule has 2 N–H and O–H groups in total. The molecule has 14 heavy (non-hydrogen) atoms. The number of rotatable bonds is 3. The summed E-state index contributed by atoms with van der Waals surface area (Å²) in [5.74, 6) is 0.879. The lowest BCUT2D eigenvalue weighted by Gasteiger charge is -2.01. The van der Waals surface area contributed by atoms with Gasteiger partial charge in [0.2, 0.25) is 6.41 Å². The molecule has 0 saturated carbocycles. The third kappa shape index (κ3) is 5.16. The van der Waals surface area contributed by atoms with E-state index >= 15 is 0 Å². The predicted octanol–water partition coefficient (Wildman–Crippen LogP) is 0.943. The van der Waals surface area contributed by atoms with E-state index in [0.717, 1.165) is 11.3 Å². The normalized spacial score (nSPS) is 8.43. The van der Waals surface area contributed by atoms with Gasteiger partial charge in [0.15, 0.2) is 0 Å². The molecule has 1 amide bonds. The van der Waals surface area contributed by atoms with Crippen LogP contribution < -0.4 is 10.5 Å². The molecule has 0 radical (unpaired) electrons. The number of hydrogen-bond donors (Lipinski definition) is 1. The van der Waals surface area contributed by atoms with Crippen LogP contribution in [0.25, 0.3) is 0 Å². The molecule has 0 spiro atoms. The van der Waals surface area contributed by atoms with Crippen molar-refractivity contribution < 1.29 is 14.3 Å². The summed E-state index contributed by atoms with van der Waals surface area (Å²) in [6.45, 7) is 0.657. The molecule has 4 heteroatoms. The minimum atomic E-state index is 0.250. The van der Waals surface area contributed by atoms with E-state index in [4.69, 9.17) is 14.3 Å². The van der Waals surface area contributed by atoms with Crippen molar-refractivity contribution in [2.75, 3.05) is 14.2 Å². The molecule has 1 aromatic carbocycles. The molecule has 1 rings (SSSR count). The Kier molecular flexibility index (Phi) is 7.17. The monoisotopic (exact) mass is 197 g/mol. The van der Waals surface area contributed by atoms with Gasteiger partial charge in [-0.25, -0.2) is 0 Å². The number of carbonyl (C=O) groups excluding carboxylic acids is 1. The van der Waals surface area contributed by atoms with Crippen LogP contribution in [0.1, 0.15) is 5.56 Å². The Morgan fingerprint density at radius 3 is 2.14 bits per heavy atom. The van der Waals surface area contributed by atoms with E-state index in [1.54, 1.807) is 14.2 Å². The summed E-state index contributed by atoms with van der Waals surface area (Å²) < 4.78 is 9.97. The topological polar surface area (TPSA) is 61.6 Å². The maximum absolute atomic E-state index is 8.58. The maximum atomic E-state index is 8.58. The molecule has 0 aliphatic rings. The van der Waals surface area contributed by atoms with Gasteiger partial charge in [0, 0.05) is 7.11 Å². The minimum Gasteiger partial charge on any atom is -0.497 e. The Morgan fingerprint density at radius 2 is 1.79 bits per heavy atom. The minimum absolute atomic E-state index is 0.250. The van der Waals surface area contributed by atoms with E-state index in [-0.39, 0.29) is 6.41 Å². The summed E-state index contributed by atoms with van der Waals surface area (Å²) >= 11 is 0. The lowest BCUT2D eigenvalue weighted by atomic mass is 10.2. The van der Waals surface area contributed by atoms with Crippen molar-refractivity contribution in [1.82, 2.24) is 0 Å². The van der Waals surface area contributed by atoms with E-state index in [2.05, 4.69) is 5.73 Å². The smallest absolute Gasteiger partial charge is 0.204 e. The fraction of sp³-hybridized carbons (Fsp3) is 0.300. The number of amides is 1. The van der Waals surface area contributed by atoms with Crippen LogP contribution >= 0.6 is 0 Å². The van der Waals surface area contributed by atoms with Crippen molar-refractivity contribution in [2.45, 2.75) is 6.61 Å². The Balaban J connectivity index is 0.000000500. The first-order valence-corrected chi connectivity index (χ1v) is 4.05. The zero-order valence-electron chi connectivity index (χ0n) is 8.40. The van der Waals surface area contributed by atoms with Gasteiger partial charge >= 0.3 is 0 Å². The second kappa shape index (κ2) is 8.07. The maximum Gasteiger partial charge on any atom is 0.204 e. The number of nitrogens with two attached hydrogens (primary N) is 1. The Morgan fingerprint density at radius 1 is 1.29 bits per heavy atom. The average Bonchev–Trinajstić information content (AvgIpc) is 2.21. The zero-order chi connectivity index (χ0) is 10.8. The first-order chi connectivity index (χ1) is 6.78. The van der Waals surface area contributed by atoms with Crippen LogP contribution in [0.15, 0.2) is 24.3 Å². The first kappa shape index (κ1) is 12.4. The largest absolute Gasteiger partial charge is 0.497 e. The molecule has 0 heterocycles. The molecule has 0 unspecified atom stereocenters. The van der Waals surface area contributed by atoms with Crippen LogP contribution in [0.5, 0.6) is 5.75 Å². The van der Waals surface area contributed by atoms with Gasteiger partial charge in [-0.2, -0.15) is 0 Å². The molecule has 0 atom stereocenters. The van der Waals surface area contributed by atoms with Crippen LogP contribution in [0.4, 0.5) is 0 Å². The van der Waals surface area contributed by atoms with Crippen LogP contribution in [-0.4, -0.2) is 20.6 Å². The lowest BCUT2D eigenvalue weighted by Crippen LogP contribution is -1.87. The summed E-state index contributed by atoms with van der Waals surface area (Å²) in [5, 5.41) is 0. The summed E-state index contributed by atoms with van der Waals surface area (Å²) in [5.41, 5.74) is 5.33. The van der Waals surface area contributed by atoms with Crippen LogP contribution in [-0.2, 0) is 16.1 Å². The van der Waals surface area contributed by atoms with E-state index in [9.17, 15) is 0 Å². The van der Waals surface area contributed by atoms with E-state index in [1.807, 2.05) is 24.3 Å². The summed E-state index contributed by atoms with van der Waals surface area (Å²) in [7, 11) is 3.34. The molecule has 4 nitrogen and oxygen atoms in total. The molecule has 78 valence electrons. The van der Waals surface area contributed by atoms with Gasteiger partial charge in [-0.15, -0.1) is 0 Å². The first-order valence-electron chi connectivity index (χ1n) is 4.05. The lowest BCUT2D eigenvalue weighted by molar-refractivity contribution is -0.106. The molecule has 0 aliphatic carbocycles. The van der Waals surface area contributed by atoms with Gasteiger partial charge in [-0.3, -0.25) is 4.79 Å². The number of carbonyl (C=O) groups is 1.